The molecule has 0 aliphatic heterocycles. The molecule has 0 unspecified atom stereocenters. The quantitative estimate of drug-likeness (QED) is 0.480. The van der Waals surface area contributed by atoms with Crippen molar-refractivity contribution in [3.05, 3.63) is 101 Å². The van der Waals surface area contributed by atoms with E-state index in [2.05, 4.69) is 15.3 Å². The Kier molecular flexibility index (Phi) is 4.78. The maximum atomic E-state index is 13.2. The highest BCUT2D eigenvalue weighted by Gasteiger charge is 2.11. The largest absolute Gasteiger partial charge is 0.355 e. The molecule has 0 spiro atoms. The number of imidazole rings is 1. The molecule has 158 valence electrons. The van der Waals surface area contributed by atoms with Gasteiger partial charge < -0.3 is 14.3 Å². The van der Waals surface area contributed by atoms with Crippen molar-refractivity contribution in [2.75, 3.05) is 7.05 Å². The third-order valence-electron chi connectivity index (χ3n) is 5.57. The van der Waals surface area contributed by atoms with Crippen molar-refractivity contribution >= 4 is 22.3 Å². The van der Waals surface area contributed by atoms with Crippen LogP contribution >= 0.6 is 0 Å². The summed E-state index contributed by atoms with van der Waals surface area (Å²) in [6.45, 7) is 2.41. The average Bonchev–Trinajstić information content (AvgIpc) is 3.21. The van der Waals surface area contributed by atoms with Gasteiger partial charge in [0.25, 0.3) is 11.5 Å². The van der Waals surface area contributed by atoms with E-state index >= 15 is 0 Å². The first-order valence-corrected chi connectivity index (χ1v) is 10.3. The van der Waals surface area contributed by atoms with Crippen LogP contribution in [0.3, 0.4) is 0 Å². The van der Waals surface area contributed by atoms with Gasteiger partial charge in [0.05, 0.1) is 17.6 Å². The molecular formula is C25H21N5O2. The van der Waals surface area contributed by atoms with Gasteiger partial charge in [-0.15, -0.1) is 0 Å². The Labute approximate surface area is 184 Å². The van der Waals surface area contributed by atoms with Crippen LogP contribution in [0.25, 0.3) is 27.5 Å². The summed E-state index contributed by atoms with van der Waals surface area (Å²) in [5.74, 6) is -0.141. The molecule has 7 heteroatoms. The highest BCUT2D eigenvalue weighted by Crippen LogP contribution is 2.26. The summed E-state index contributed by atoms with van der Waals surface area (Å²) in [6.07, 6.45) is 9.10. The number of aromatic nitrogens is 4. The van der Waals surface area contributed by atoms with Crippen molar-refractivity contribution in [1.82, 2.24) is 24.3 Å². The summed E-state index contributed by atoms with van der Waals surface area (Å²) < 4.78 is 3.62. The van der Waals surface area contributed by atoms with Gasteiger partial charge in [0.1, 0.15) is 5.65 Å². The molecule has 0 bridgehead atoms. The third kappa shape index (κ3) is 3.43. The lowest BCUT2D eigenvalue weighted by Crippen LogP contribution is -2.20. The summed E-state index contributed by atoms with van der Waals surface area (Å²) in [5.41, 5.74) is 5.00. The Hall–Kier alpha value is -4.26. The number of carbonyl (C=O) groups is 1. The van der Waals surface area contributed by atoms with Crippen LogP contribution in [0.15, 0.2) is 78.2 Å². The lowest BCUT2D eigenvalue weighted by Gasteiger charge is -2.10. The fraction of sp³-hybridized carbons (Fsp3) is 0.120. The van der Waals surface area contributed by atoms with Gasteiger partial charge in [-0.25, -0.2) is 4.98 Å². The summed E-state index contributed by atoms with van der Waals surface area (Å²) >= 11 is 0. The second-order valence-corrected chi connectivity index (χ2v) is 7.76. The molecule has 32 heavy (non-hydrogen) atoms. The van der Waals surface area contributed by atoms with Gasteiger partial charge >= 0.3 is 0 Å². The monoisotopic (exact) mass is 423 g/mol. The number of nitrogens with zero attached hydrogens (tertiary/aromatic N) is 4. The molecule has 0 radical (unpaired) electrons. The number of benzene rings is 1. The molecule has 1 N–H and O–H groups in total. The number of aryl methyl sites for hydroxylation is 1. The fourth-order valence-corrected chi connectivity index (χ4v) is 3.91. The van der Waals surface area contributed by atoms with Crippen LogP contribution < -0.4 is 10.9 Å². The minimum Gasteiger partial charge on any atom is -0.355 e. The van der Waals surface area contributed by atoms with E-state index in [4.69, 9.17) is 0 Å². The first-order chi connectivity index (χ1) is 15.5. The van der Waals surface area contributed by atoms with Crippen molar-refractivity contribution in [3.8, 4) is 11.1 Å². The van der Waals surface area contributed by atoms with Gasteiger partial charge in [0, 0.05) is 49.2 Å². The number of rotatable bonds is 4. The summed E-state index contributed by atoms with van der Waals surface area (Å²) in [7, 11) is 1.60. The van der Waals surface area contributed by atoms with Crippen LogP contribution in [0.2, 0.25) is 0 Å². The van der Waals surface area contributed by atoms with E-state index in [0.29, 0.717) is 17.5 Å². The van der Waals surface area contributed by atoms with Crippen molar-refractivity contribution in [3.63, 3.8) is 0 Å². The second-order valence-electron chi connectivity index (χ2n) is 7.76. The number of pyridine rings is 3. The maximum Gasteiger partial charge on any atom is 0.260 e. The fourth-order valence-electron chi connectivity index (χ4n) is 3.91. The zero-order chi connectivity index (χ0) is 22.2. The molecule has 0 saturated heterocycles. The third-order valence-corrected chi connectivity index (χ3v) is 5.57. The topological polar surface area (TPSA) is 81.3 Å². The van der Waals surface area contributed by atoms with Gasteiger partial charge in [0.2, 0.25) is 0 Å². The zero-order valence-electron chi connectivity index (χ0n) is 17.7. The smallest absolute Gasteiger partial charge is 0.260 e. The van der Waals surface area contributed by atoms with Crippen LogP contribution in [0.4, 0.5) is 0 Å². The van der Waals surface area contributed by atoms with Crippen molar-refractivity contribution in [2.45, 2.75) is 13.5 Å². The number of carbonyl (C=O) groups excluding carboxylic acids is 1. The molecule has 5 aromatic rings. The standard InChI is InChI=1S/C25H21N5O2/c1-16-3-8-23-28-19(15-30(23)13-16)14-29-10-9-20-21(11-27-12-22(20)25(29)32)17-4-6-18(7-5-17)24(31)26-2/h3-13,15H,14H2,1-2H3,(H,26,31). The molecule has 7 nitrogen and oxygen atoms in total. The van der Waals surface area contributed by atoms with Crippen LogP contribution in [-0.2, 0) is 6.54 Å². The average molecular weight is 423 g/mol. The van der Waals surface area contributed by atoms with E-state index in [9.17, 15) is 9.59 Å². The molecule has 5 rings (SSSR count). The molecule has 1 amide bonds. The number of nitrogens with one attached hydrogen (secondary N) is 1. The lowest BCUT2D eigenvalue weighted by molar-refractivity contribution is 0.0963. The van der Waals surface area contributed by atoms with Gasteiger partial charge in [-0.05, 0) is 47.7 Å². The predicted molar refractivity (Wildman–Crippen MR) is 124 cm³/mol. The maximum absolute atomic E-state index is 13.2. The Bertz CT molecular complexity index is 1530. The van der Waals surface area contributed by atoms with Crippen LogP contribution in [-0.4, -0.2) is 31.9 Å². The molecule has 4 aromatic heterocycles. The van der Waals surface area contributed by atoms with Crippen molar-refractivity contribution in [2.24, 2.45) is 0 Å². The molecule has 0 aliphatic rings. The normalized spacial score (nSPS) is 11.2. The highest BCUT2D eigenvalue weighted by molar-refractivity contribution is 5.97. The number of hydrogen-bond donors (Lipinski definition) is 1. The van der Waals surface area contributed by atoms with Gasteiger partial charge in [-0.3, -0.25) is 14.6 Å². The SMILES string of the molecule is CNC(=O)c1ccc(-c2cncc3c(=O)n(Cc4cn5cc(C)ccc5n4)ccc23)cc1. The van der Waals surface area contributed by atoms with E-state index in [-0.39, 0.29) is 11.5 Å². The van der Waals surface area contributed by atoms with E-state index < -0.39 is 0 Å². The minimum absolute atomic E-state index is 0.118. The highest BCUT2D eigenvalue weighted by atomic mass is 16.1. The number of fused-ring (bicyclic) bond motifs is 2. The van der Waals surface area contributed by atoms with E-state index in [1.165, 1.54) is 0 Å². The Balaban J connectivity index is 1.53. The molecular weight excluding hydrogens is 402 g/mol. The Morgan fingerprint density at radius 2 is 1.81 bits per heavy atom. The minimum atomic E-state index is -0.141. The first kappa shape index (κ1) is 19.7. The number of amides is 1. The predicted octanol–water partition coefficient (Wildman–Crippen LogP) is 3.43. The zero-order valence-corrected chi connectivity index (χ0v) is 17.7. The first-order valence-electron chi connectivity index (χ1n) is 10.3. The Morgan fingerprint density at radius 1 is 1.00 bits per heavy atom. The number of hydrogen-bond acceptors (Lipinski definition) is 4. The van der Waals surface area contributed by atoms with Crippen LogP contribution in [0, 0.1) is 6.92 Å². The lowest BCUT2D eigenvalue weighted by atomic mass is 10.0. The van der Waals surface area contributed by atoms with Crippen LogP contribution in [0.5, 0.6) is 0 Å². The molecule has 0 atom stereocenters. The van der Waals surface area contributed by atoms with Crippen molar-refractivity contribution < 1.29 is 4.79 Å². The van der Waals surface area contributed by atoms with E-state index in [1.807, 2.05) is 54.0 Å². The summed E-state index contributed by atoms with van der Waals surface area (Å²) in [6, 6.07) is 13.2. The molecule has 4 heterocycles. The van der Waals surface area contributed by atoms with E-state index in [1.54, 1.807) is 42.3 Å². The van der Waals surface area contributed by atoms with Gasteiger partial charge in [0.15, 0.2) is 0 Å². The second kappa shape index (κ2) is 7.77. The Morgan fingerprint density at radius 3 is 2.59 bits per heavy atom. The molecule has 0 saturated carbocycles. The van der Waals surface area contributed by atoms with Gasteiger partial charge in [-0.1, -0.05) is 18.2 Å². The summed E-state index contributed by atoms with van der Waals surface area (Å²) in [4.78, 5) is 33.9. The van der Waals surface area contributed by atoms with Crippen LogP contribution in [0.1, 0.15) is 21.6 Å². The molecule has 1 aromatic carbocycles. The van der Waals surface area contributed by atoms with E-state index in [0.717, 1.165) is 33.4 Å². The van der Waals surface area contributed by atoms with Gasteiger partial charge in [-0.2, -0.15) is 0 Å². The molecule has 0 aliphatic carbocycles. The summed E-state index contributed by atoms with van der Waals surface area (Å²) in [5, 5.41) is 3.97. The molecule has 0 fully saturated rings. The van der Waals surface area contributed by atoms with Crippen molar-refractivity contribution in [1.29, 1.82) is 0 Å².